The van der Waals surface area contributed by atoms with Crippen LogP contribution in [0.1, 0.15) is 5.56 Å². The average molecular weight is 426 g/mol. The Bertz CT molecular complexity index is 1270. The monoisotopic (exact) mass is 426 g/mol. The van der Waals surface area contributed by atoms with Gasteiger partial charge in [-0.2, -0.15) is 4.98 Å². The summed E-state index contributed by atoms with van der Waals surface area (Å²) in [6.45, 7) is 0.156. The van der Waals surface area contributed by atoms with Crippen LogP contribution in [-0.2, 0) is 16.4 Å². The summed E-state index contributed by atoms with van der Waals surface area (Å²) in [7, 11) is -4.03. The van der Waals surface area contributed by atoms with E-state index in [9.17, 15) is 17.2 Å². The van der Waals surface area contributed by atoms with Crippen molar-refractivity contribution in [2.24, 2.45) is 0 Å². The lowest BCUT2D eigenvalue weighted by Crippen LogP contribution is -2.07. The van der Waals surface area contributed by atoms with Gasteiger partial charge in [-0.25, -0.2) is 17.2 Å². The van der Waals surface area contributed by atoms with E-state index in [1.165, 1.54) is 42.5 Å². The third-order valence-corrected chi connectivity index (χ3v) is 6.05. The minimum Gasteiger partial charge on any atom is -0.419 e. The highest BCUT2D eigenvalue weighted by molar-refractivity contribution is 7.91. The minimum atomic E-state index is -4.03. The van der Waals surface area contributed by atoms with E-state index in [0.717, 1.165) is 0 Å². The largest absolute Gasteiger partial charge is 0.419 e. The zero-order chi connectivity index (χ0) is 21.1. The molecule has 8 heteroatoms. The summed E-state index contributed by atoms with van der Waals surface area (Å²) in [5, 5.41) is 2.53. The third-order valence-electron chi connectivity index (χ3n) is 4.37. The van der Waals surface area contributed by atoms with Crippen LogP contribution < -0.4 is 5.32 Å². The standard InChI is InChI=1S/C22H16F2N2O3S/c23-16-12-10-15(11-13-16)14-25-21-22(30(27,28)17-6-2-1-3-7-17)26-20(29-21)18-8-4-5-9-19(18)24/h1-13,25H,14H2. The van der Waals surface area contributed by atoms with Gasteiger partial charge in [0, 0.05) is 6.54 Å². The summed E-state index contributed by atoms with van der Waals surface area (Å²) in [5.74, 6) is -1.26. The molecular formula is C22H16F2N2O3S. The smallest absolute Gasteiger partial charge is 0.234 e. The normalized spacial score (nSPS) is 11.4. The maximum atomic E-state index is 14.2. The minimum absolute atomic E-state index is 0.0308. The lowest BCUT2D eigenvalue weighted by atomic mass is 10.2. The molecule has 4 rings (SSSR count). The molecule has 0 atom stereocenters. The van der Waals surface area contributed by atoms with E-state index in [1.807, 2.05) is 0 Å². The second-order valence-electron chi connectivity index (χ2n) is 6.43. The Morgan fingerprint density at radius 3 is 2.23 bits per heavy atom. The fourth-order valence-electron chi connectivity index (χ4n) is 2.85. The van der Waals surface area contributed by atoms with Crippen LogP contribution in [0.3, 0.4) is 0 Å². The first kappa shape index (κ1) is 19.8. The van der Waals surface area contributed by atoms with E-state index in [0.29, 0.717) is 5.56 Å². The van der Waals surface area contributed by atoms with Crippen molar-refractivity contribution in [1.29, 1.82) is 0 Å². The first-order valence-corrected chi connectivity index (χ1v) is 10.5. The predicted molar refractivity (Wildman–Crippen MR) is 108 cm³/mol. The van der Waals surface area contributed by atoms with Gasteiger partial charge >= 0.3 is 0 Å². The summed E-state index contributed by atoms with van der Waals surface area (Å²) >= 11 is 0. The van der Waals surface area contributed by atoms with Gasteiger partial charge in [-0.3, -0.25) is 0 Å². The van der Waals surface area contributed by atoms with Crippen molar-refractivity contribution in [3.05, 3.63) is 96.1 Å². The summed E-state index contributed by atoms with van der Waals surface area (Å²) in [6, 6.07) is 19.3. The fourth-order valence-corrected chi connectivity index (χ4v) is 4.15. The SMILES string of the molecule is O=S(=O)(c1ccccc1)c1nc(-c2ccccc2F)oc1NCc1ccc(F)cc1. The number of oxazole rings is 1. The first-order chi connectivity index (χ1) is 14.4. The molecule has 0 aliphatic heterocycles. The van der Waals surface area contributed by atoms with Gasteiger partial charge in [0.25, 0.3) is 0 Å². The summed E-state index contributed by atoms with van der Waals surface area (Å²) in [5.41, 5.74) is 0.736. The molecule has 0 spiro atoms. The first-order valence-electron chi connectivity index (χ1n) is 8.99. The molecule has 0 bridgehead atoms. The molecule has 0 aliphatic rings. The molecule has 1 heterocycles. The molecule has 1 aromatic heterocycles. The van der Waals surface area contributed by atoms with E-state index >= 15 is 0 Å². The second kappa shape index (κ2) is 8.08. The van der Waals surface area contributed by atoms with Crippen LogP contribution in [0.5, 0.6) is 0 Å². The summed E-state index contributed by atoms with van der Waals surface area (Å²) in [4.78, 5) is 4.13. The molecule has 0 saturated carbocycles. The number of nitrogens with one attached hydrogen (secondary N) is 1. The molecular weight excluding hydrogens is 410 g/mol. The van der Waals surface area contributed by atoms with Crippen molar-refractivity contribution in [3.8, 4) is 11.5 Å². The van der Waals surface area contributed by atoms with Gasteiger partial charge in [0.15, 0.2) is 0 Å². The zero-order valence-electron chi connectivity index (χ0n) is 15.5. The molecule has 1 N–H and O–H groups in total. The summed E-state index contributed by atoms with van der Waals surface area (Å²) in [6.07, 6.45) is 0. The Labute approximate surface area is 171 Å². The molecule has 30 heavy (non-hydrogen) atoms. The van der Waals surface area contributed by atoms with Crippen LogP contribution in [0.25, 0.3) is 11.5 Å². The molecule has 4 aromatic rings. The zero-order valence-corrected chi connectivity index (χ0v) is 16.4. The van der Waals surface area contributed by atoms with Crippen LogP contribution in [-0.4, -0.2) is 13.4 Å². The van der Waals surface area contributed by atoms with Crippen molar-refractivity contribution in [2.75, 3.05) is 5.32 Å². The lowest BCUT2D eigenvalue weighted by Gasteiger charge is -2.06. The molecule has 0 unspecified atom stereocenters. The number of aromatic nitrogens is 1. The van der Waals surface area contributed by atoms with Crippen molar-refractivity contribution < 1.29 is 21.6 Å². The molecule has 0 aliphatic carbocycles. The molecule has 3 aromatic carbocycles. The number of benzene rings is 3. The topological polar surface area (TPSA) is 72.2 Å². The van der Waals surface area contributed by atoms with Gasteiger partial charge in [-0.15, -0.1) is 0 Å². The van der Waals surface area contributed by atoms with Crippen LogP contribution >= 0.6 is 0 Å². The highest BCUT2D eigenvalue weighted by Crippen LogP contribution is 2.33. The van der Waals surface area contributed by atoms with Gasteiger partial charge in [0.1, 0.15) is 11.6 Å². The van der Waals surface area contributed by atoms with Crippen molar-refractivity contribution in [2.45, 2.75) is 16.5 Å². The van der Waals surface area contributed by atoms with Crippen LogP contribution in [0, 0.1) is 11.6 Å². The Morgan fingerprint density at radius 2 is 1.53 bits per heavy atom. The highest BCUT2D eigenvalue weighted by atomic mass is 32.2. The average Bonchev–Trinajstić information content (AvgIpc) is 3.19. The van der Waals surface area contributed by atoms with E-state index in [-0.39, 0.29) is 39.6 Å². The number of nitrogens with zero attached hydrogens (tertiary/aromatic N) is 1. The Morgan fingerprint density at radius 1 is 0.867 bits per heavy atom. The van der Waals surface area contributed by atoms with Gasteiger partial charge in [0.05, 0.1) is 10.5 Å². The summed E-state index contributed by atoms with van der Waals surface area (Å²) < 4.78 is 59.2. The molecule has 152 valence electrons. The van der Waals surface area contributed by atoms with E-state index in [4.69, 9.17) is 4.42 Å². The van der Waals surface area contributed by atoms with Crippen molar-refractivity contribution >= 4 is 15.7 Å². The molecule has 5 nitrogen and oxygen atoms in total. The quantitative estimate of drug-likeness (QED) is 0.466. The van der Waals surface area contributed by atoms with Crippen molar-refractivity contribution in [3.63, 3.8) is 0 Å². The number of anilines is 1. The number of halogens is 2. The van der Waals surface area contributed by atoms with E-state index in [1.54, 1.807) is 36.4 Å². The number of hydrogen-bond donors (Lipinski definition) is 1. The fraction of sp³-hybridized carbons (Fsp3) is 0.0455. The Kier molecular flexibility index (Phi) is 5.33. The Balaban J connectivity index is 1.77. The van der Waals surface area contributed by atoms with E-state index in [2.05, 4.69) is 10.3 Å². The van der Waals surface area contributed by atoms with Crippen molar-refractivity contribution in [1.82, 2.24) is 4.98 Å². The number of rotatable bonds is 6. The van der Waals surface area contributed by atoms with Crippen LogP contribution in [0.15, 0.2) is 93.2 Å². The molecule has 0 amide bonds. The van der Waals surface area contributed by atoms with Gasteiger partial charge in [-0.05, 0) is 42.0 Å². The Hall–Kier alpha value is -3.52. The van der Waals surface area contributed by atoms with E-state index < -0.39 is 15.7 Å². The molecule has 0 radical (unpaired) electrons. The number of hydrogen-bond acceptors (Lipinski definition) is 5. The lowest BCUT2D eigenvalue weighted by molar-refractivity contribution is 0.567. The van der Waals surface area contributed by atoms with Crippen LogP contribution in [0.2, 0.25) is 0 Å². The molecule has 0 saturated heterocycles. The maximum Gasteiger partial charge on any atom is 0.234 e. The van der Waals surface area contributed by atoms with Gasteiger partial charge < -0.3 is 9.73 Å². The van der Waals surface area contributed by atoms with Crippen LogP contribution in [0.4, 0.5) is 14.7 Å². The molecule has 0 fully saturated rings. The highest BCUT2D eigenvalue weighted by Gasteiger charge is 2.29. The maximum absolute atomic E-state index is 14.2. The third kappa shape index (κ3) is 3.95. The number of sulfone groups is 1. The second-order valence-corrected chi connectivity index (χ2v) is 8.29. The van der Waals surface area contributed by atoms with Gasteiger partial charge in [-0.1, -0.05) is 42.5 Å². The predicted octanol–water partition coefficient (Wildman–Crippen LogP) is 5.06. The van der Waals surface area contributed by atoms with Gasteiger partial charge in [0.2, 0.25) is 26.6 Å².